The minimum absolute atomic E-state index is 0.623. The van der Waals surface area contributed by atoms with E-state index in [-0.39, 0.29) is 0 Å². The zero-order valence-electron chi connectivity index (χ0n) is 22.8. The van der Waals surface area contributed by atoms with Gasteiger partial charge in [-0.05, 0) is 84.3 Å². The molecule has 0 spiro atoms. The van der Waals surface area contributed by atoms with Crippen molar-refractivity contribution in [1.82, 2.24) is 19.5 Å². The molecule has 0 bridgehead atoms. The summed E-state index contributed by atoms with van der Waals surface area (Å²) in [4.78, 5) is 15.2. The molecule has 2 aliphatic rings. The standard InChI is InChI=1S/C37H24N4O/c1-3-7-21(8-4-1)35-38-36(22-9-5-2-6-10-22)40-37(39-35)41-29-15-16-31-34(28-18-24-12-14-26(24)20-32(28)42-31)33(29)27-17-23-11-13-25(23)19-30(27)41/h1-10,15-20H,11-14H2. The van der Waals surface area contributed by atoms with E-state index in [0.717, 1.165) is 59.0 Å². The molecule has 0 saturated carbocycles. The van der Waals surface area contributed by atoms with Gasteiger partial charge in [0.2, 0.25) is 5.95 Å². The Morgan fingerprint density at radius 1 is 0.500 bits per heavy atom. The topological polar surface area (TPSA) is 56.7 Å². The zero-order chi connectivity index (χ0) is 27.4. The number of benzene rings is 5. The first-order valence-corrected chi connectivity index (χ1v) is 14.6. The lowest BCUT2D eigenvalue weighted by Crippen LogP contribution is -2.09. The Hall–Kier alpha value is -5.29. The normalized spacial score (nSPS) is 13.8. The molecule has 42 heavy (non-hydrogen) atoms. The van der Waals surface area contributed by atoms with Crippen molar-refractivity contribution in [3.8, 4) is 28.7 Å². The molecular formula is C37H24N4O. The number of hydrogen-bond acceptors (Lipinski definition) is 4. The van der Waals surface area contributed by atoms with Crippen LogP contribution in [-0.2, 0) is 25.7 Å². The number of furan rings is 1. The minimum Gasteiger partial charge on any atom is -0.456 e. The number of rotatable bonds is 3. The molecule has 5 heteroatoms. The quantitative estimate of drug-likeness (QED) is 0.226. The lowest BCUT2D eigenvalue weighted by atomic mass is 9.86. The summed E-state index contributed by atoms with van der Waals surface area (Å²) in [5.74, 6) is 1.94. The summed E-state index contributed by atoms with van der Waals surface area (Å²) in [6.07, 6.45) is 4.50. The van der Waals surface area contributed by atoms with Crippen LogP contribution >= 0.6 is 0 Å². The van der Waals surface area contributed by atoms with Gasteiger partial charge < -0.3 is 4.42 Å². The molecule has 10 rings (SSSR count). The van der Waals surface area contributed by atoms with Crippen molar-refractivity contribution in [2.75, 3.05) is 0 Å². The molecule has 2 aliphatic carbocycles. The smallest absolute Gasteiger partial charge is 0.238 e. The van der Waals surface area contributed by atoms with Crippen LogP contribution in [0.5, 0.6) is 0 Å². The first kappa shape index (κ1) is 22.4. The minimum atomic E-state index is 0.623. The fraction of sp³-hybridized carbons (Fsp3) is 0.108. The molecule has 0 amide bonds. The Bertz CT molecular complexity index is 2340. The van der Waals surface area contributed by atoms with Gasteiger partial charge in [-0.1, -0.05) is 60.7 Å². The van der Waals surface area contributed by atoms with Crippen LogP contribution in [0.1, 0.15) is 22.3 Å². The first-order valence-electron chi connectivity index (χ1n) is 14.6. The van der Waals surface area contributed by atoms with Crippen LogP contribution in [-0.4, -0.2) is 19.5 Å². The average Bonchev–Trinajstić information content (AvgIpc) is 3.54. The number of fused-ring (bicyclic) bond motifs is 9. The highest BCUT2D eigenvalue weighted by atomic mass is 16.3. The van der Waals surface area contributed by atoms with Gasteiger partial charge in [0.05, 0.1) is 11.0 Å². The Kier molecular flexibility index (Phi) is 4.34. The van der Waals surface area contributed by atoms with Crippen LogP contribution in [0.15, 0.2) is 101 Å². The summed E-state index contributed by atoms with van der Waals surface area (Å²) in [6, 6.07) is 34.0. The third-order valence-corrected chi connectivity index (χ3v) is 9.22. The van der Waals surface area contributed by atoms with Crippen molar-refractivity contribution >= 4 is 43.7 Å². The Balaban J connectivity index is 1.34. The van der Waals surface area contributed by atoms with Gasteiger partial charge in [0.15, 0.2) is 11.6 Å². The summed E-state index contributed by atoms with van der Waals surface area (Å²) in [5.41, 5.74) is 11.7. The van der Waals surface area contributed by atoms with Crippen LogP contribution in [0.2, 0.25) is 0 Å². The number of aromatic nitrogens is 4. The van der Waals surface area contributed by atoms with Gasteiger partial charge in [0, 0.05) is 32.7 Å². The molecule has 5 nitrogen and oxygen atoms in total. The Morgan fingerprint density at radius 2 is 1.10 bits per heavy atom. The molecule has 0 N–H and O–H groups in total. The van der Waals surface area contributed by atoms with E-state index in [4.69, 9.17) is 19.4 Å². The molecule has 0 atom stereocenters. The predicted octanol–water partition coefficient (Wildman–Crippen LogP) is 8.40. The van der Waals surface area contributed by atoms with Crippen LogP contribution < -0.4 is 0 Å². The average molecular weight is 541 g/mol. The Morgan fingerprint density at radius 3 is 1.74 bits per heavy atom. The molecule has 0 saturated heterocycles. The SMILES string of the molecule is c1ccc(-c2nc(-c3ccccc3)nc(-n3c4cc5c(cc4c4c6c(ccc43)oc3cc4c(cc36)CC4)CC5)n2)cc1. The van der Waals surface area contributed by atoms with Gasteiger partial charge in [0.25, 0.3) is 0 Å². The lowest BCUT2D eigenvalue weighted by molar-refractivity contribution is 0.666. The molecule has 198 valence electrons. The van der Waals surface area contributed by atoms with E-state index in [9.17, 15) is 0 Å². The molecule has 0 aliphatic heterocycles. The summed E-state index contributed by atoms with van der Waals surface area (Å²) in [5, 5.41) is 4.81. The van der Waals surface area contributed by atoms with E-state index < -0.39 is 0 Å². The predicted molar refractivity (Wildman–Crippen MR) is 167 cm³/mol. The molecule has 3 aromatic heterocycles. The molecule has 8 aromatic rings. The third-order valence-electron chi connectivity index (χ3n) is 9.22. The van der Waals surface area contributed by atoms with Crippen LogP contribution in [0, 0.1) is 0 Å². The summed E-state index contributed by atoms with van der Waals surface area (Å²) < 4.78 is 8.70. The van der Waals surface area contributed by atoms with E-state index in [0.29, 0.717) is 17.6 Å². The van der Waals surface area contributed by atoms with Gasteiger partial charge in [0.1, 0.15) is 11.2 Å². The van der Waals surface area contributed by atoms with E-state index in [1.807, 2.05) is 36.4 Å². The van der Waals surface area contributed by atoms with Gasteiger partial charge in [-0.15, -0.1) is 0 Å². The first-order chi connectivity index (χ1) is 20.8. The van der Waals surface area contributed by atoms with Crippen molar-refractivity contribution in [3.63, 3.8) is 0 Å². The summed E-state index contributed by atoms with van der Waals surface area (Å²) >= 11 is 0. The van der Waals surface area contributed by atoms with Crippen molar-refractivity contribution in [2.24, 2.45) is 0 Å². The zero-order valence-corrected chi connectivity index (χ0v) is 22.8. The number of aryl methyl sites for hydroxylation is 4. The molecule has 3 heterocycles. The van der Waals surface area contributed by atoms with Gasteiger partial charge in [-0.25, -0.2) is 4.98 Å². The molecule has 0 radical (unpaired) electrons. The second kappa shape index (κ2) is 8.14. The van der Waals surface area contributed by atoms with Crippen LogP contribution in [0.25, 0.3) is 72.5 Å². The van der Waals surface area contributed by atoms with Gasteiger partial charge >= 0.3 is 0 Å². The van der Waals surface area contributed by atoms with E-state index in [2.05, 4.69) is 65.2 Å². The van der Waals surface area contributed by atoms with Gasteiger partial charge in [-0.2, -0.15) is 9.97 Å². The maximum atomic E-state index is 6.47. The largest absolute Gasteiger partial charge is 0.456 e. The molecule has 0 fully saturated rings. The summed E-state index contributed by atoms with van der Waals surface area (Å²) in [6.45, 7) is 0. The van der Waals surface area contributed by atoms with Gasteiger partial charge in [-0.3, -0.25) is 4.57 Å². The highest BCUT2D eigenvalue weighted by Crippen LogP contribution is 2.44. The number of hydrogen-bond donors (Lipinski definition) is 0. The molecule has 5 aromatic carbocycles. The van der Waals surface area contributed by atoms with E-state index >= 15 is 0 Å². The van der Waals surface area contributed by atoms with E-state index in [1.165, 1.54) is 43.8 Å². The van der Waals surface area contributed by atoms with Crippen LogP contribution in [0.3, 0.4) is 0 Å². The molecule has 0 unspecified atom stereocenters. The maximum Gasteiger partial charge on any atom is 0.238 e. The van der Waals surface area contributed by atoms with Crippen molar-refractivity contribution < 1.29 is 4.42 Å². The van der Waals surface area contributed by atoms with Crippen LogP contribution in [0.4, 0.5) is 0 Å². The Labute approximate surface area is 241 Å². The fourth-order valence-corrected chi connectivity index (χ4v) is 6.87. The lowest BCUT2D eigenvalue weighted by Gasteiger charge is -2.19. The highest BCUT2D eigenvalue weighted by Gasteiger charge is 2.25. The van der Waals surface area contributed by atoms with Crippen molar-refractivity contribution in [1.29, 1.82) is 0 Å². The monoisotopic (exact) mass is 540 g/mol. The van der Waals surface area contributed by atoms with Crippen molar-refractivity contribution in [2.45, 2.75) is 25.7 Å². The molecular weight excluding hydrogens is 516 g/mol. The second-order valence-electron chi connectivity index (χ2n) is 11.5. The number of nitrogens with zero attached hydrogens (tertiary/aromatic N) is 4. The fourth-order valence-electron chi connectivity index (χ4n) is 6.87. The van der Waals surface area contributed by atoms with Crippen molar-refractivity contribution in [3.05, 3.63) is 119 Å². The second-order valence-corrected chi connectivity index (χ2v) is 11.5. The van der Waals surface area contributed by atoms with E-state index in [1.54, 1.807) is 0 Å². The third kappa shape index (κ3) is 3.05. The highest BCUT2D eigenvalue weighted by molar-refractivity contribution is 6.27. The summed E-state index contributed by atoms with van der Waals surface area (Å²) in [7, 11) is 0. The maximum absolute atomic E-state index is 6.47.